The van der Waals surface area contributed by atoms with Crippen LogP contribution in [0.1, 0.15) is 29.6 Å². The van der Waals surface area contributed by atoms with Crippen LogP contribution in [0.3, 0.4) is 0 Å². The predicted molar refractivity (Wildman–Crippen MR) is 102 cm³/mol. The molecule has 2 aromatic carbocycles. The van der Waals surface area contributed by atoms with E-state index >= 15 is 0 Å². The van der Waals surface area contributed by atoms with Crippen LogP contribution >= 0.6 is 0 Å². The number of likely N-dealkylation sites (tertiary alicyclic amines) is 1. The quantitative estimate of drug-likeness (QED) is 0.774. The molecule has 0 aliphatic carbocycles. The highest BCUT2D eigenvalue weighted by atomic mass is 16.5. The number of amides is 2. The first-order valence-electron chi connectivity index (χ1n) is 9.14. The summed E-state index contributed by atoms with van der Waals surface area (Å²) in [5.41, 5.74) is 5.59. The summed E-state index contributed by atoms with van der Waals surface area (Å²) in [7, 11) is 0. The summed E-state index contributed by atoms with van der Waals surface area (Å²) in [4.78, 5) is 37.9. The molecule has 2 aromatic rings. The monoisotopic (exact) mass is 382 g/mol. The Morgan fingerprint density at radius 2 is 1.71 bits per heavy atom. The summed E-state index contributed by atoms with van der Waals surface area (Å²) in [5, 5.41) is 0. The van der Waals surface area contributed by atoms with Gasteiger partial charge in [0.2, 0.25) is 5.91 Å². The maximum Gasteiger partial charge on any atom is 0.342 e. The third-order valence-corrected chi connectivity index (χ3v) is 4.56. The topological polar surface area (TPSA) is 98.9 Å². The number of nitrogens with two attached hydrogens (primary N) is 1. The normalized spacial score (nSPS) is 16.3. The van der Waals surface area contributed by atoms with Gasteiger partial charge in [0.05, 0.1) is 0 Å². The van der Waals surface area contributed by atoms with Gasteiger partial charge in [-0.3, -0.25) is 9.59 Å². The predicted octanol–water partition coefficient (Wildman–Crippen LogP) is 2.50. The van der Waals surface area contributed by atoms with Gasteiger partial charge < -0.3 is 20.1 Å². The van der Waals surface area contributed by atoms with Gasteiger partial charge in [-0.1, -0.05) is 30.3 Å². The summed E-state index contributed by atoms with van der Waals surface area (Å²) < 4.78 is 10.9. The van der Waals surface area contributed by atoms with Crippen LogP contribution < -0.4 is 10.5 Å². The molecule has 1 atom stereocenters. The zero-order valence-corrected chi connectivity index (χ0v) is 15.4. The Bertz CT molecular complexity index is 853. The lowest BCUT2D eigenvalue weighted by Gasteiger charge is -2.33. The Balaban J connectivity index is 1.65. The van der Waals surface area contributed by atoms with Gasteiger partial charge >= 0.3 is 5.97 Å². The van der Waals surface area contributed by atoms with E-state index in [-0.39, 0.29) is 5.56 Å². The molecule has 0 radical (unpaired) electrons. The molecule has 28 heavy (non-hydrogen) atoms. The summed E-state index contributed by atoms with van der Waals surface area (Å²) in [6.45, 7) is -0.0278. The highest BCUT2D eigenvalue weighted by molar-refractivity contribution is 5.94. The molecule has 0 unspecified atom stereocenters. The van der Waals surface area contributed by atoms with E-state index in [0.717, 1.165) is 12.8 Å². The van der Waals surface area contributed by atoms with Gasteiger partial charge in [0.15, 0.2) is 6.61 Å². The van der Waals surface area contributed by atoms with Crippen molar-refractivity contribution in [1.82, 2.24) is 4.90 Å². The standard InChI is InChI=1S/C21H22N2O5/c22-20(25)17-11-6-7-13-23(17)19(24)14-27-21(26)16-10-4-5-12-18(16)28-15-8-2-1-3-9-15/h1-5,8-10,12,17H,6-7,11,13-14H2,(H2,22,25)/t17-/m0/s1. The zero-order chi connectivity index (χ0) is 19.9. The van der Waals surface area contributed by atoms with Crippen molar-refractivity contribution < 1.29 is 23.9 Å². The van der Waals surface area contributed by atoms with Crippen molar-refractivity contribution in [2.75, 3.05) is 13.2 Å². The lowest BCUT2D eigenvalue weighted by Crippen LogP contribution is -2.51. The Kier molecular flexibility index (Phi) is 6.26. The molecule has 1 aliphatic rings. The number of hydrogen-bond acceptors (Lipinski definition) is 5. The first-order chi connectivity index (χ1) is 13.6. The van der Waals surface area contributed by atoms with E-state index in [2.05, 4.69) is 0 Å². The maximum atomic E-state index is 12.5. The van der Waals surface area contributed by atoms with E-state index < -0.39 is 30.4 Å². The molecule has 3 rings (SSSR count). The number of carbonyl (C=O) groups is 3. The van der Waals surface area contributed by atoms with E-state index in [1.165, 1.54) is 4.90 Å². The van der Waals surface area contributed by atoms with Crippen molar-refractivity contribution in [3.63, 3.8) is 0 Å². The fourth-order valence-corrected chi connectivity index (χ4v) is 3.15. The zero-order valence-electron chi connectivity index (χ0n) is 15.4. The number of carbonyl (C=O) groups excluding carboxylic acids is 3. The van der Waals surface area contributed by atoms with Gasteiger partial charge in [0, 0.05) is 6.54 Å². The average molecular weight is 382 g/mol. The molecule has 1 heterocycles. The molecule has 2 N–H and O–H groups in total. The van der Waals surface area contributed by atoms with E-state index in [1.54, 1.807) is 36.4 Å². The first kappa shape index (κ1) is 19.4. The SMILES string of the molecule is NC(=O)[C@@H]1CCCCN1C(=O)COC(=O)c1ccccc1Oc1ccccc1. The average Bonchev–Trinajstić information content (AvgIpc) is 2.73. The van der Waals surface area contributed by atoms with Gasteiger partial charge in [-0.25, -0.2) is 4.79 Å². The number of hydrogen-bond donors (Lipinski definition) is 1. The molecule has 0 saturated carbocycles. The summed E-state index contributed by atoms with van der Waals surface area (Å²) in [6, 6.07) is 15.0. The molecule has 1 fully saturated rings. The number of ether oxygens (including phenoxy) is 2. The Labute approximate surface area is 163 Å². The summed E-state index contributed by atoms with van der Waals surface area (Å²) in [6.07, 6.45) is 2.15. The molecule has 7 heteroatoms. The van der Waals surface area contributed by atoms with Gasteiger partial charge in [-0.05, 0) is 43.5 Å². The lowest BCUT2D eigenvalue weighted by atomic mass is 10.0. The van der Waals surface area contributed by atoms with Crippen molar-refractivity contribution in [3.8, 4) is 11.5 Å². The smallest absolute Gasteiger partial charge is 0.342 e. The van der Waals surface area contributed by atoms with Gasteiger partial charge in [0.25, 0.3) is 5.91 Å². The Hall–Kier alpha value is -3.35. The van der Waals surface area contributed by atoms with Crippen LogP contribution in [0.5, 0.6) is 11.5 Å². The van der Waals surface area contributed by atoms with E-state index in [0.29, 0.717) is 24.5 Å². The number of nitrogens with zero attached hydrogens (tertiary/aromatic N) is 1. The largest absolute Gasteiger partial charge is 0.456 e. The highest BCUT2D eigenvalue weighted by Crippen LogP contribution is 2.25. The van der Waals surface area contributed by atoms with Crippen LogP contribution in [0.25, 0.3) is 0 Å². The van der Waals surface area contributed by atoms with E-state index in [4.69, 9.17) is 15.2 Å². The second kappa shape index (κ2) is 9.03. The molecule has 1 aliphatic heterocycles. The molecular formula is C21H22N2O5. The highest BCUT2D eigenvalue weighted by Gasteiger charge is 2.31. The minimum absolute atomic E-state index is 0.212. The summed E-state index contributed by atoms with van der Waals surface area (Å²) >= 11 is 0. The second-order valence-electron chi connectivity index (χ2n) is 6.49. The number of benzene rings is 2. The Morgan fingerprint density at radius 3 is 2.46 bits per heavy atom. The molecular weight excluding hydrogens is 360 g/mol. The first-order valence-corrected chi connectivity index (χ1v) is 9.14. The van der Waals surface area contributed by atoms with Gasteiger partial charge in [-0.2, -0.15) is 0 Å². The minimum atomic E-state index is -0.674. The van der Waals surface area contributed by atoms with Crippen molar-refractivity contribution in [1.29, 1.82) is 0 Å². The maximum absolute atomic E-state index is 12.5. The van der Waals surface area contributed by atoms with Crippen LogP contribution in [-0.4, -0.2) is 41.9 Å². The lowest BCUT2D eigenvalue weighted by molar-refractivity contribution is -0.143. The van der Waals surface area contributed by atoms with Gasteiger partial charge in [-0.15, -0.1) is 0 Å². The van der Waals surface area contributed by atoms with Crippen LogP contribution in [0, 0.1) is 0 Å². The number of para-hydroxylation sites is 2. The molecule has 0 bridgehead atoms. The van der Waals surface area contributed by atoms with Crippen molar-refractivity contribution in [3.05, 3.63) is 60.2 Å². The minimum Gasteiger partial charge on any atom is -0.456 e. The number of piperidine rings is 1. The van der Waals surface area contributed by atoms with E-state index in [9.17, 15) is 14.4 Å². The molecule has 146 valence electrons. The number of rotatable bonds is 6. The number of esters is 1. The van der Waals surface area contributed by atoms with Crippen LogP contribution in [-0.2, 0) is 14.3 Å². The molecule has 0 aromatic heterocycles. The molecule has 0 spiro atoms. The van der Waals surface area contributed by atoms with Crippen LogP contribution in [0.15, 0.2) is 54.6 Å². The Morgan fingerprint density at radius 1 is 1.00 bits per heavy atom. The van der Waals surface area contributed by atoms with Crippen LogP contribution in [0.2, 0.25) is 0 Å². The van der Waals surface area contributed by atoms with Crippen molar-refractivity contribution in [2.45, 2.75) is 25.3 Å². The van der Waals surface area contributed by atoms with Gasteiger partial charge in [0.1, 0.15) is 23.1 Å². The second-order valence-corrected chi connectivity index (χ2v) is 6.49. The molecule has 1 saturated heterocycles. The molecule has 7 nitrogen and oxygen atoms in total. The molecule has 2 amide bonds. The fourth-order valence-electron chi connectivity index (χ4n) is 3.15. The van der Waals surface area contributed by atoms with Crippen molar-refractivity contribution >= 4 is 17.8 Å². The van der Waals surface area contributed by atoms with Crippen molar-refractivity contribution in [2.24, 2.45) is 5.73 Å². The fraction of sp³-hybridized carbons (Fsp3) is 0.286. The number of primary amides is 1. The van der Waals surface area contributed by atoms with Crippen LogP contribution in [0.4, 0.5) is 0 Å². The third-order valence-electron chi connectivity index (χ3n) is 4.56. The third kappa shape index (κ3) is 4.68. The van der Waals surface area contributed by atoms with E-state index in [1.807, 2.05) is 18.2 Å². The summed E-state index contributed by atoms with van der Waals surface area (Å²) in [5.74, 6) is -0.734.